The minimum atomic E-state index is -0.430. The Morgan fingerprint density at radius 1 is 1.26 bits per heavy atom. The zero-order valence-electron chi connectivity index (χ0n) is 12.1. The third kappa shape index (κ3) is 3.35. The molecular weight excluding hydrogens is 238 g/mol. The van der Waals surface area contributed by atoms with Crippen LogP contribution in [0.1, 0.15) is 39.3 Å². The van der Waals surface area contributed by atoms with E-state index >= 15 is 0 Å². The van der Waals surface area contributed by atoms with Crippen LogP contribution in [0.25, 0.3) is 0 Å². The van der Waals surface area contributed by atoms with E-state index in [0.717, 1.165) is 12.1 Å². The number of carbonyl (C=O) groups excluding carboxylic acids is 1. The minimum absolute atomic E-state index is 0.0612. The van der Waals surface area contributed by atoms with Gasteiger partial charge in [0.05, 0.1) is 5.92 Å². The molecule has 1 fully saturated rings. The van der Waals surface area contributed by atoms with Crippen LogP contribution in [0.5, 0.6) is 0 Å². The molecule has 0 aromatic heterocycles. The molecule has 3 nitrogen and oxygen atoms in total. The number of carbonyl (C=O) groups is 1. The van der Waals surface area contributed by atoms with Crippen molar-refractivity contribution < 1.29 is 9.53 Å². The summed E-state index contributed by atoms with van der Waals surface area (Å²) in [5, 5.41) is 3.44. The molecule has 2 rings (SSSR count). The Labute approximate surface area is 115 Å². The Morgan fingerprint density at radius 2 is 1.89 bits per heavy atom. The van der Waals surface area contributed by atoms with E-state index in [1.165, 1.54) is 0 Å². The Kier molecular flexibility index (Phi) is 3.95. The van der Waals surface area contributed by atoms with Crippen molar-refractivity contribution >= 4 is 5.97 Å². The normalized spacial score (nSPS) is 27.3. The van der Waals surface area contributed by atoms with E-state index in [4.69, 9.17) is 4.74 Å². The monoisotopic (exact) mass is 261 g/mol. The van der Waals surface area contributed by atoms with Crippen LogP contribution >= 0.6 is 0 Å². The van der Waals surface area contributed by atoms with E-state index in [9.17, 15) is 4.79 Å². The zero-order chi connectivity index (χ0) is 14.0. The largest absolute Gasteiger partial charge is 0.460 e. The molecule has 1 saturated heterocycles. The first-order chi connectivity index (χ1) is 8.88. The van der Waals surface area contributed by atoms with E-state index in [2.05, 4.69) is 24.4 Å². The van der Waals surface area contributed by atoms with E-state index in [-0.39, 0.29) is 17.9 Å². The molecule has 0 amide bonds. The SMILES string of the molecule is C[C@@H]1CN[C@@H](c2ccccc2)[C@H]1C(=O)OC(C)(C)C. The summed E-state index contributed by atoms with van der Waals surface area (Å²) in [6, 6.07) is 10.2. The second-order valence-electron chi connectivity index (χ2n) is 6.33. The summed E-state index contributed by atoms with van der Waals surface area (Å²) in [7, 11) is 0. The molecule has 1 heterocycles. The Hall–Kier alpha value is -1.35. The Morgan fingerprint density at radius 3 is 2.47 bits per heavy atom. The van der Waals surface area contributed by atoms with Crippen molar-refractivity contribution in [3.8, 4) is 0 Å². The summed E-state index contributed by atoms with van der Waals surface area (Å²) < 4.78 is 5.56. The maximum Gasteiger partial charge on any atom is 0.311 e. The number of nitrogens with one attached hydrogen (secondary N) is 1. The molecule has 19 heavy (non-hydrogen) atoms. The second-order valence-corrected chi connectivity index (χ2v) is 6.33. The van der Waals surface area contributed by atoms with Gasteiger partial charge >= 0.3 is 5.97 Å². The molecule has 0 aliphatic carbocycles. The van der Waals surface area contributed by atoms with E-state index in [1.807, 2.05) is 39.0 Å². The second kappa shape index (κ2) is 5.33. The average Bonchev–Trinajstić information content (AvgIpc) is 2.70. The highest BCUT2D eigenvalue weighted by Crippen LogP contribution is 2.35. The fourth-order valence-corrected chi connectivity index (χ4v) is 2.62. The number of hydrogen-bond acceptors (Lipinski definition) is 3. The lowest BCUT2D eigenvalue weighted by molar-refractivity contribution is -0.161. The molecule has 0 unspecified atom stereocenters. The lowest BCUT2D eigenvalue weighted by Gasteiger charge is -2.26. The minimum Gasteiger partial charge on any atom is -0.460 e. The number of benzene rings is 1. The molecule has 0 spiro atoms. The summed E-state index contributed by atoms with van der Waals surface area (Å²) in [5.74, 6) is 0.0838. The molecule has 0 bridgehead atoms. The fraction of sp³-hybridized carbons (Fsp3) is 0.562. The third-order valence-corrected chi connectivity index (χ3v) is 3.47. The van der Waals surface area contributed by atoms with Crippen LogP contribution in [-0.2, 0) is 9.53 Å². The van der Waals surface area contributed by atoms with Crippen molar-refractivity contribution in [2.45, 2.75) is 39.3 Å². The molecular formula is C16H23NO2. The van der Waals surface area contributed by atoms with Crippen molar-refractivity contribution in [2.24, 2.45) is 11.8 Å². The molecule has 1 aromatic rings. The van der Waals surface area contributed by atoms with E-state index < -0.39 is 5.60 Å². The maximum atomic E-state index is 12.4. The number of ether oxygens (including phenoxy) is 1. The van der Waals surface area contributed by atoms with Gasteiger partial charge in [0.1, 0.15) is 5.60 Å². The van der Waals surface area contributed by atoms with Gasteiger partial charge < -0.3 is 10.1 Å². The summed E-state index contributed by atoms with van der Waals surface area (Å²) >= 11 is 0. The van der Waals surface area contributed by atoms with Gasteiger partial charge in [0.25, 0.3) is 0 Å². The van der Waals surface area contributed by atoms with Crippen LogP contribution in [0.3, 0.4) is 0 Å². The van der Waals surface area contributed by atoms with Gasteiger partial charge in [0.2, 0.25) is 0 Å². The molecule has 3 atom stereocenters. The van der Waals surface area contributed by atoms with Gasteiger partial charge in [-0.2, -0.15) is 0 Å². The highest BCUT2D eigenvalue weighted by atomic mass is 16.6. The standard InChI is InChI=1S/C16H23NO2/c1-11-10-17-14(12-8-6-5-7-9-12)13(11)15(18)19-16(2,3)4/h5-9,11,13-14,17H,10H2,1-4H3/t11-,13+,14+/m1/s1. The van der Waals surface area contributed by atoms with Gasteiger partial charge in [-0.05, 0) is 38.8 Å². The zero-order valence-corrected chi connectivity index (χ0v) is 12.1. The van der Waals surface area contributed by atoms with Crippen molar-refractivity contribution in [3.63, 3.8) is 0 Å². The first-order valence-electron chi connectivity index (χ1n) is 6.89. The van der Waals surface area contributed by atoms with Crippen LogP contribution in [-0.4, -0.2) is 18.1 Å². The highest BCUT2D eigenvalue weighted by Gasteiger charge is 2.41. The predicted octanol–water partition coefficient (Wildman–Crippen LogP) is 2.92. The molecule has 1 N–H and O–H groups in total. The fourth-order valence-electron chi connectivity index (χ4n) is 2.62. The van der Waals surface area contributed by atoms with Crippen LogP contribution < -0.4 is 5.32 Å². The average molecular weight is 261 g/mol. The quantitative estimate of drug-likeness (QED) is 0.832. The lowest BCUT2D eigenvalue weighted by Crippen LogP contribution is -2.33. The third-order valence-electron chi connectivity index (χ3n) is 3.47. The van der Waals surface area contributed by atoms with Crippen LogP contribution in [0.15, 0.2) is 30.3 Å². The maximum absolute atomic E-state index is 12.4. The Bertz CT molecular complexity index is 436. The Balaban J connectivity index is 2.19. The smallest absolute Gasteiger partial charge is 0.311 e. The van der Waals surface area contributed by atoms with Gasteiger partial charge in [0, 0.05) is 6.04 Å². The number of esters is 1. The van der Waals surface area contributed by atoms with Crippen molar-refractivity contribution in [1.82, 2.24) is 5.32 Å². The molecule has 0 radical (unpaired) electrons. The molecule has 0 saturated carbocycles. The first-order valence-corrected chi connectivity index (χ1v) is 6.89. The first kappa shape index (κ1) is 14.1. The lowest BCUT2D eigenvalue weighted by atomic mass is 9.88. The van der Waals surface area contributed by atoms with Gasteiger partial charge in [-0.3, -0.25) is 4.79 Å². The summed E-state index contributed by atoms with van der Waals surface area (Å²) in [6.45, 7) is 8.69. The number of hydrogen-bond donors (Lipinski definition) is 1. The predicted molar refractivity (Wildman–Crippen MR) is 75.7 cm³/mol. The topological polar surface area (TPSA) is 38.3 Å². The number of rotatable bonds is 2. The van der Waals surface area contributed by atoms with E-state index in [0.29, 0.717) is 5.92 Å². The van der Waals surface area contributed by atoms with Crippen LogP contribution in [0, 0.1) is 11.8 Å². The van der Waals surface area contributed by atoms with Gasteiger partial charge in [0.15, 0.2) is 0 Å². The van der Waals surface area contributed by atoms with Gasteiger partial charge in [-0.15, -0.1) is 0 Å². The molecule has 1 aliphatic rings. The molecule has 104 valence electrons. The summed E-state index contributed by atoms with van der Waals surface area (Å²) in [5.41, 5.74) is 0.725. The summed E-state index contributed by atoms with van der Waals surface area (Å²) in [6.07, 6.45) is 0. The van der Waals surface area contributed by atoms with Gasteiger partial charge in [-0.1, -0.05) is 37.3 Å². The molecule has 1 aliphatic heterocycles. The summed E-state index contributed by atoms with van der Waals surface area (Å²) in [4.78, 5) is 12.4. The van der Waals surface area contributed by atoms with E-state index in [1.54, 1.807) is 0 Å². The van der Waals surface area contributed by atoms with Crippen molar-refractivity contribution in [3.05, 3.63) is 35.9 Å². The molecule has 3 heteroatoms. The van der Waals surface area contributed by atoms with Crippen LogP contribution in [0.4, 0.5) is 0 Å². The van der Waals surface area contributed by atoms with Crippen molar-refractivity contribution in [1.29, 1.82) is 0 Å². The van der Waals surface area contributed by atoms with Crippen molar-refractivity contribution in [2.75, 3.05) is 6.54 Å². The van der Waals surface area contributed by atoms with Gasteiger partial charge in [-0.25, -0.2) is 0 Å². The highest BCUT2D eigenvalue weighted by molar-refractivity contribution is 5.75. The van der Waals surface area contributed by atoms with Crippen LogP contribution in [0.2, 0.25) is 0 Å². The molecule has 1 aromatic carbocycles.